The molecule has 0 bridgehead atoms. The van der Waals surface area contributed by atoms with Crippen LogP contribution in [0.4, 0.5) is 5.00 Å². The first-order valence-electron chi connectivity index (χ1n) is 9.40. The highest BCUT2D eigenvalue weighted by molar-refractivity contribution is 7.16. The van der Waals surface area contributed by atoms with Crippen LogP contribution in [0.5, 0.6) is 0 Å². The molecule has 1 aromatic carbocycles. The number of imide groups is 1. The molecule has 0 saturated carbocycles. The van der Waals surface area contributed by atoms with Gasteiger partial charge in [-0.05, 0) is 43.4 Å². The predicted molar refractivity (Wildman–Crippen MR) is 105 cm³/mol. The lowest BCUT2D eigenvalue weighted by atomic mass is 10.1. The van der Waals surface area contributed by atoms with Gasteiger partial charge >= 0.3 is 0 Å². The molecule has 0 unspecified atom stereocenters. The maximum atomic E-state index is 12.4. The van der Waals surface area contributed by atoms with Crippen LogP contribution in [0.3, 0.4) is 0 Å². The molecule has 2 aromatic rings. The van der Waals surface area contributed by atoms with E-state index in [2.05, 4.69) is 11.4 Å². The van der Waals surface area contributed by atoms with E-state index >= 15 is 0 Å². The molecule has 6 nitrogen and oxygen atoms in total. The normalized spacial score (nSPS) is 15.6. The predicted octanol–water partition coefficient (Wildman–Crippen LogP) is 3.51. The number of nitriles is 1. The monoisotopic (exact) mass is 393 g/mol. The summed E-state index contributed by atoms with van der Waals surface area (Å²) in [5.74, 6) is -1.03. The summed E-state index contributed by atoms with van der Waals surface area (Å²) in [6.07, 6.45) is 5.14. The number of fused-ring (bicyclic) bond motifs is 2. The van der Waals surface area contributed by atoms with Crippen molar-refractivity contribution < 1.29 is 14.4 Å². The summed E-state index contributed by atoms with van der Waals surface area (Å²) in [5.41, 5.74) is 2.39. The summed E-state index contributed by atoms with van der Waals surface area (Å²) in [7, 11) is 0. The Bertz CT molecular complexity index is 983. The van der Waals surface area contributed by atoms with Crippen molar-refractivity contribution in [1.29, 1.82) is 5.26 Å². The van der Waals surface area contributed by atoms with Gasteiger partial charge in [0.05, 0.1) is 16.7 Å². The van der Waals surface area contributed by atoms with E-state index in [4.69, 9.17) is 0 Å². The second-order valence-corrected chi connectivity index (χ2v) is 8.09. The van der Waals surface area contributed by atoms with Crippen molar-refractivity contribution in [3.63, 3.8) is 0 Å². The van der Waals surface area contributed by atoms with Gasteiger partial charge in [-0.15, -0.1) is 11.3 Å². The van der Waals surface area contributed by atoms with Gasteiger partial charge < -0.3 is 5.32 Å². The highest BCUT2D eigenvalue weighted by Crippen LogP contribution is 2.37. The molecule has 3 amide bonds. The number of anilines is 1. The molecule has 28 heavy (non-hydrogen) atoms. The maximum Gasteiger partial charge on any atom is 0.261 e. The number of thiophene rings is 1. The molecule has 0 saturated heterocycles. The maximum absolute atomic E-state index is 12.4. The first-order valence-corrected chi connectivity index (χ1v) is 10.2. The molecule has 0 fully saturated rings. The summed E-state index contributed by atoms with van der Waals surface area (Å²) in [5, 5.41) is 13.0. The molecular formula is C21H19N3O3S. The van der Waals surface area contributed by atoms with Crippen molar-refractivity contribution in [1.82, 2.24) is 4.90 Å². The van der Waals surface area contributed by atoms with Crippen LogP contribution < -0.4 is 5.32 Å². The quantitative estimate of drug-likeness (QED) is 0.636. The van der Waals surface area contributed by atoms with Crippen molar-refractivity contribution in [2.45, 2.75) is 38.5 Å². The Labute approximate surface area is 166 Å². The zero-order valence-corrected chi connectivity index (χ0v) is 16.1. The molecule has 1 aliphatic carbocycles. The molecular weight excluding hydrogens is 374 g/mol. The van der Waals surface area contributed by atoms with Crippen LogP contribution in [0.2, 0.25) is 0 Å². The number of benzene rings is 1. The number of nitrogens with zero attached hydrogens (tertiary/aromatic N) is 2. The van der Waals surface area contributed by atoms with E-state index in [0.29, 0.717) is 21.7 Å². The fraction of sp³-hybridized carbons (Fsp3) is 0.333. The van der Waals surface area contributed by atoms with Crippen molar-refractivity contribution >= 4 is 34.1 Å². The van der Waals surface area contributed by atoms with E-state index in [1.165, 1.54) is 16.2 Å². The number of aryl methyl sites for hydroxylation is 1. The van der Waals surface area contributed by atoms with Crippen LogP contribution in [0, 0.1) is 11.3 Å². The number of amides is 3. The van der Waals surface area contributed by atoms with Crippen LogP contribution in [-0.4, -0.2) is 29.2 Å². The third kappa shape index (κ3) is 3.20. The molecule has 0 atom stereocenters. The number of carbonyl (C=O) groups is 3. The van der Waals surface area contributed by atoms with E-state index < -0.39 is 0 Å². The lowest BCUT2D eigenvalue weighted by molar-refractivity contribution is -0.116. The van der Waals surface area contributed by atoms with E-state index in [-0.39, 0.29) is 30.7 Å². The molecule has 2 heterocycles. The van der Waals surface area contributed by atoms with Crippen LogP contribution >= 0.6 is 11.3 Å². The summed E-state index contributed by atoms with van der Waals surface area (Å²) in [6, 6.07) is 8.90. The van der Waals surface area contributed by atoms with Crippen LogP contribution in [0.1, 0.15) is 62.4 Å². The summed E-state index contributed by atoms with van der Waals surface area (Å²) in [6.45, 7) is 0.0190. The largest absolute Gasteiger partial charge is 0.317 e. The molecule has 1 aromatic heterocycles. The molecule has 4 rings (SSSR count). The molecule has 0 spiro atoms. The van der Waals surface area contributed by atoms with Gasteiger partial charge in [-0.3, -0.25) is 19.3 Å². The van der Waals surface area contributed by atoms with Gasteiger partial charge in [0.1, 0.15) is 11.1 Å². The Morgan fingerprint density at radius 3 is 2.46 bits per heavy atom. The minimum absolute atomic E-state index is 0.00109. The van der Waals surface area contributed by atoms with Gasteiger partial charge in [0, 0.05) is 17.8 Å². The summed E-state index contributed by atoms with van der Waals surface area (Å²) < 4.78 is 0. The third-order valence-corrected chi connectivity index (χ3v) is 6.43. The second kappa shape index (κ2) is 7.56. The van der Waals surface area contributed by atoms with Gasteiger partial charge in [-0.1, -0.05) is 18.6 Å². The average Bonchev–Trinajstić information content (AvgIpc) is 3.02. The second-order valence-electron chi connectivity index (χ2n) is 6.99. The zero-order chi connectivity index (χ0) is 19.7. The van der Waals surface area contributed by atoms with E-state index in [1.807, 2.05) is 0 Å². The SMILES string of the molecule is N#Cc1c(NC(=O)CCN2C(=O)c3ccccc3C2=O)sc2c1CCCCC2. The number of hydrogen-bond donors (Lipinski definition) is 1. The molecule has 2 aliphatic rings. The van der Waals surface area contributed by atoms with E-state index in [0.717, 1.165) is 42.6 Å². The Balaban J connectivity index is 1.43. The molecule has 0 radical (unpaired) electrons. The molecule has 1 N–H and O–H groups in total. The minimum atomic E-state index is -0.367. The van der Waals surface area contributed by atoms with Crippen LogP contribution in [0.15, 0.2) is 24.3 Å². The van der Waals surface area contributed by atoms with Crippen LogP contribution in [0.25, 0.3) is 0 Å². The third-order valence-electron chi connectivity index (χ3n) is 5.23. The molecule has 7 heteroatoms. The summed E-state index contributed by atoms with van der Waals surface area (Å²) >= 11 is 1.48. The number of carbonyl (C=O) groups excluding carboxylic acids is 3. The molecule has 142 valence electrons. The Morgan fingerprint density at radius 2 is 1.79 bits per heavy atom. The first kappa shape index (κ1) is 18.4. The van der Waals surface area contributed by atoms with E-state index in [1.54, 1.807) is 24.3 Å². The average molecular weight is 393 g/mol. The Hall–Kier alpha value is -2.98. The van der Waals surface area contributed by atoms with Gasteiger partial charge in [0.2, 0.25) is 5.91 Å². The Morgan fingerprint density at radius 1 is 1.11 bits per heavy atom. The topological polar surface area (TPSA) is 90.3 Å². The van der Waals surface area contributed by atoms with Crippen molar-refractivity contribution in [3.8, 4) is 6.07 Å². The number of hydrogen-bond acceptors (Lipinski definition) is 5. The van der Waals surface area contributed by atoms with Crippen molar-refractivity contribution in [2.24, 2.45) is 0 Å². The smallest absolute Gasteiger partial charge is 0.261 e. The lowest BCUT2D eigenvalue weighted by Crippen LogP contribution is -2.32. The first-order chi connectivity index (χ1) is 13.6. The zero-order valence-electron chi connectivity index (χ0n) is 15.3. The van der Waals surface area contributed by atoms with Gasteiger partial charge in [0.15, 0.2) is 0 Å². The van der Waals surface area contributed by atoms with E-state index in [9.17, 15) is 19.6 Å². The van der Waals surface area contributed by atoms with Gasteiger partial charge in [-0.25, -0.2) is 0 Å². The highest BCUT2D eigenvalue weighted by atomic mass is 32.1. The fourth-order valence-corrected chi connectivity index (χ4v) is 5.05. The van der Waals surface area contributed by atoms with Crippen LogP contribution in [-0.2, 0) is 17.6 Å². The Kier molecular flexibility index (Phi) is 4.97. The van der Waals surface area contributed by atoms with Crippen molar-refractivity contribution in [2.75, 3.05) is 11.9 Å². The standard InChI is InChI=1S/C21H19N3O3S/c22-12-16-13-6-2-1-3-9-17(13)28-19(16)23-18(25)10-11-24-20(26)14-7-4-5-8-15(14)21(24)27/h4-5,7-8H,1-3,6,9-11H2,(H,23,25). The van der Waals surface area contributed by atoms with Gasteiger partial charge in [-0.2, -0.15) is 5.26 Å². The number of nitrogens with one attached hydrogen (secondary N) is 1. The minimum Gasteiger partial charge on any atom is -0.317 e. The summed E-state index contributed by atoms with van der Waals surface area (Å²) in [4.78, 5) is 39.5. The van der Waals surface area contributed by atoms with Crippen molar-refractivity contribution in [3.05, 3.63) is 51.4 Å². The lowest BCUT2D eigenvalue weighted by Gasteiger charge is -2.13. The number of rotatable bonds is 4. The fourth-order valence-electron chi connectivity index (χ4n) is 3.79. The highest BCUT2D eigenvalue weighted by Gasteiger charge is 2.35. The van der Waals surface area contributed by atoms with Gasteiger partial charge in [0.25, 0.3) is 11.8 Å². The molecule has 1 aliphatic heterocycles.